The molecule has 1 aromatic carbocycles. The molecule has 1 saturated heterocycles. The highest BCUT2D eigenvalue weighted by molar-refractivity contribution is 7.89. The smallest absolute Gasteiger partial charge is 0.240 e. The van der Waals surface area contributed by atoms with Gasteiger partial charge in [0.05, 0.1) is 4.90 Å². The number of nitrogens with one attached hydrogen (secondary N) is 2. The fraction of sp³-hybridized carbons (Fsp3) is 0.600. The Kier molecular flexibility index (Phi) is 4.19. The normalized spacial score (nSPS) is 22.8. The van der Waals surface area contributed by atoms with Crippen molar-refractivity contribution in [3.05, 3.63) is 23.8 Å². The molecule has 2 N–H and O–H groups in total. The van der Waals surface area contributed by atoms with Crippen molar-refractivity contribution in [2.75, 3.05) is 31.5 Å². The van der Waals surface area contributed by atoms with Gasteiger partial charge >= 0.3 is 0 Å². The second-order valence-corrected chi connectivity index (χ2v) is 7.56. The van der Waals surface area contributed by atoms with Crippen LogP contribution in [0, 0.1) is 0 Å². The number of sulfonamides is 1. The van der Waals surface area contributed by atoms with Gasteiger partial charge in [0.25, 0.3) is 0 Å². The minimum absolute atomic E-state index is 0.0232. The lowest BCUT2D eigenvalue weighted by atomic mass is 10.1. The number of rotatable bonds is 4. The van der Waals surface area contributed by atoms with Crippen LogP contribution in [0.2, 0.25) is 0 Å². The third-order valence-corrected chi connectivity index (χ3v) is 5.89. The number of nitrogens with zero attached hydrogens (tertiary/aromatic N) is 1. The van der Waals surface area contributed by atoms with Gasteiger partial charge in [-0.15, -0.1) is 0 Å². The van der Waals surface area contributed by atoms with Gasteiger partial charge in [-0.2, -0.15) is 0 Å². The van der Waals surface area contributed by atoms with Gasteiger partial charge < -0.3 is 10.2 Å². The predicted molar refractivity (Wildman–Crippen MR) is 84.1 cm³/mol. The van der Waals surface area contributed by atoms with Crippen LogP contribution in [0.25, 0.3) is 0 Å². The van der Waals surface area contributed by atoms with E-state index in [4.69, 9.17) is 0 Å². The molecule has 21 heavy (non-hydrogen) atoms. The second-order valence-electron chi connectivity index (χ2n) is 5.85. The van der Waals surface area contributed by atoms with Gasteiger partial charge in [-0.05, 0) is 56.1 Å². The van der Waals surface area contributed by atoms with Gasteiger partial charge in [-0.3, -0.25) is 0 Å². The van der Waals surface area contributed by atoms with Gasteiger partial charge in [0, 0.05) is 24.8 Å². The zero-order valence-corrected chi connectivity index (χ0v) is 13.2. The van der Waals surface area contributed by atoms with Crippen molar-refractivity contribution in [1.29, 1.82) is 0 Å². The van der Waals surface area contributed by atoms with Crippen molar-refractivity contribution in [2.45, 2.75) is 37.1 Å². The third-order valence-electron chi connectivity index (χ3n) is 4.37. The van der Waals surface area contributed by atoms with E-state index in [1.165, 1.54) is 0 Å². The van der Waals surface area contributed by atoms with Crippen molar-refractivity contribution < 1.29 is 8.42 Å². The topological polar surface area (TPSA) is 61.4 Å². The Morgan fingerprint density at radius 3 is 3.10 bits per heavy atom. The molecule has 0 spiro atoms. The molecule has 0 aromatic heterocycles. The quantitative estimate of drug-likeness (QED) is 0.883. The maximum atomic E-state index is 12.5. The average molecular weight is 309 g/mol. The summed E-state index contributed by atoms with van der Waals surface area (Å²) in [5, 5.41) is 3.25. The average Bonchev–Trinajstić information content (AvgIpc) is 2.94. The van der Waals surface area contributed by atoms with Crippen LogP contribution >= 0.6 is 0 Å². The standard InChI is InChI=1S/C15H23N3O2S/c1-2-18-9-3-4-13(11-18)17-21(19,20)14-5-6-15-12(10-14)7-8-16-15/h5-6,10,13,16-17H,2-4,7-9,11H2,1H3. The number of fused-ring (bicyclic) bond motifs is 1. The van der Waals surface area contributed by atoms with E-state index in [9.17, 15) is 8.42 Å². The van der Waals surface area contributed by atoms with E-state index in [1.54, 1.807) is 12.1 Å². The van der Waals surface area contributed by atoms with Crippen molar-refractivity contribution in [1.82, 2.24) is 9.62 Å². The van der Waals surface area contributed by atoms with E-state index in [2.05, 4.69) is 21.9 Å². The van der Waals surface area contributed by atoms with Gasteiger partial charge in [0.2, 0.25) is 10.0 Å². The Morgan fingerprint density at radius 1 is 1.43 bits per heavy atom. The molecule has 2 heterocycles. The lowest BCUT2D eigenvalue weighted by molar-refractivity contribution is 0.211. The van der Waals surface area contributed by atoms with Gasteiger partial charge in [-0.1, -0.05) is 6.92 Å². The Morgan fingerprint density at radius 2 is 2.29 bits per heavy atom. The number of likely N-dealkylation sites (N-methyl/N-ethyl adjacent to an activating group) is 1. The van der Waals surface area contributed by atoms with Crippen LogP contribution in [0.3, 0.4) is 0 Å². The molecule has 1 fully saturated rings. The molecule has 5 nitrogen and oxygen atoms in total. The van der Waals surface area contributed by atoms with E-state index in [0.29, 0.717) is 4.90 Å². The number of benzene rings is 1. The molecule has 6 heteroatoms. The van der Waals surface area contributed by atoms with Crippen LogP contribution in [-0.4, -0.2) is 45.5 Å². The number of piperidine rings is 1. The van der Waals surface area contributed by atoms with E-state index in [1.807, 2.05) is 6.07 Å². The fourth-order valence-electron chi connectivity index (χ4n) is 3.17. The SMILES string of the molecule is CCN1CCCC(NS(=O)(=O)c2ccc3c(c2)CCN3)C1. The summed E-state index contributed by atoms with van der Waals surface area (Å²) >= 11 is 0. The molecule has 3 rings (SSSR count). The van der Waals surface area contributed by atoms with Gasteiger partial charge in [-0.25, -0.2) is 13.1 Å². The first-order valence-electron chi connectivity index (χ1n) is 7.70. The summed E-state index contributed by atoms with van der Waals surface area (Å²) < 4.78 is 28.0. The predicted octanol–water partition coefficient (Wildman–Crippen LogP) is 1.42. The number of anilines is 1. The highest BCUT2D eigenvalue weighted by atomic mass is 32.2. The summed E-state index contributed by atoms with van der Waals surface area (Å²) in [6.45, 7) is 5.86. The van der Waals surface area contributed by atoms with Crippen molar-refractivity contribution in [3.63, 3.8) is 0 Å². The summed E-state index contributed by atoms with van der Waals surface area (Å²) in [6, 6.07) is 5.39. The Hall–Kier alpha value is -1.11. The maximum absolute atomic E-state index is 12.5. The summed E-state index contributed by atoms with van der Waals surface area (Å²) in [4.78, 5) is 2.68. The Balaban J connectivity index is 1.74. The second kappa shape index (κ2) is 5.94. The van der Waals surface area contributed by atoms with Crippen molar-refractivity contribution in [2.24, 2.45) is 0 Å². The zero-order chi connectivity index (χ0) is 14.9. The van der Waals surface area contributed by atoms with Crippen molar-refractivity contribution >= 4 is 15.7 Å². The summed E-state index contributed by atoms with van der Waals surface area (Å²) in [6.07, 6.45) is 2.86. The fourth-order valence-corrected chi connectivity index (χ4v) is 4.49. The monoisotopic (exact) mass is 309 g/mol. The molecule has 1 atom stereocenters. The van der Waals surface area contributed by atoms with E-state index in [0.717, 1.165) is 56.7 Å². The Bertz CT molecular complexity index is 615. The van der Waals surface area contributed by atoms with Crippen LogP contribution in [0.15, 0.2) is 23.1 Å². The minimum Gasteiger partial charge on any atom is -0.384 e. The highest BCUT2D eigenvalue weighted by Crippen LogP contribution is 2.25. The van der Waals surface area contributed by atoms with Crippen LogP contribution in [0.1, 0.15) is 25.3 Å². The largest absolute Gasteiger partial charge is 0.384 e. The summed E-state index contributed by atoms with van der Waals surface area (Å²) in [7, 11) is -3.42. The molecular formula is C15H23N3O2S. The number of hydrogen-bond acceptors (Lipinski definition) is 4. The third kappa shape index (κ3) is 3.22. The number of hydrogen-bond donors (Lipinski definition) is 2. The lowest BCUT2D eigenvalue weighted by Crippen LogP contribution is -2.47. The molecule has 2 aliphatic rings. The molecular weight excluding hydrogens is 286 g/mol. The van der Waals surface area contributed by atoms with Crippen LogP contribution in [-0.2, 0) is 16.4 Å². The maximum Gasteiger partial charge on any atom is 0.240 e. The van der Waals surface area contributed by atoms with Gasteiger partial charge in [0.15, 0.2) is 0 Å². The molecule has 1 unspecified atom stereocenters. The lowest BCUT2D eigenvalue weighted by Gasteiger charge is -2.32. The molecule has 1 aromatic rings. The first kappa shape index (κ1) is 14.8. The molecule has 2 aliphatic heterocycles. The van der Waals surface area contributed by atoms with Gasteiger partial charge in [0.1, 0.15) is 0 Å². The van der Waals surface area contributed by atoms with Crippen molar-refractivity contribution in [3.8, 4) is 0 Å². The molecule has 0 aliphatic carbocycles. The molecule has 116 valence electrons. The molecule has 0 bridgehead atoms. The Labute approximate surface area is 126 Å². The van der Waals surface area contributed by atoms with E-state index in [-0.39, 0.29) is 6.04 Å². The van der Waals surface area contributed by atoms with E-state index < -0.39 is 10.0 Å². The highest BCUT2D eigenvalue weighted by Gasteiger charge is 2.25. The minimum atomic E-state index is -3.42. The first-order valence-corrected chi connectivity index (χ1v) is 9.18. The first-order chi connectivity index (χ1) is 10.1. The zero-order valence-electron chi connectivity index (χ0n) is 12.4. The van der Waals surface area contributed by atoms with E-state index >= 15 is 0 Å². The van der Waals surface area contributed by atoms with Crippen LogP contribution in [0.5, 0.6) is 0 Å². The van der Waals surface area contributed by atoms with Crippen LogP contribution in [0.4, 0.5) is 5.69 Å². The number of likely N-dealkylation sites (tertiary alicyclic amines) is 1. The molecule has 0 saturated carbocycles. The van der Waals surface area contributed by atoms with Crippen LogP contribution < -0.4 is 10.0 Å². The molecule has 0 radical (unpaired) electrons. The summed E-state index contributed by atoms with van der Waals surface area (Å²) in [5.41, 5.74) is 2.15. The summed E-state index contributed by atoms with van der Waals surface area (Å²) in [5.74, 6) is 0. The molecule has 0 amide bonds.